The Labute approximate surface area is 183 Å². The van der Waals surface area contributed by atoms with Crippen molar-refractivity contribution in [3.8, 4) is 11.8 Å². The second-order valence-corrected chi connectivity index (χ2v) is 6.89. The molecule has 0 aliphatic heterocycles. The van der Waals surface area contributed by atoms with Gasteiger partial charge in [0.2, 0.25) is 0 Å². The smallest absolute Gasteiger partial charge is 0.325 e. The van der Waals surface area contributed by atoms with Crippen LogP contribution < -0.4 is 0 Å². The average Bonchev–Trinajstić information content (AvgIpc) is 3.19. The van der Waals surface area contributed by atoms with Crippen LogP contribution in [0.4, 0.5) is 0 Å². The van der Waals surface area contributed by atoms with E-state index in [0.29, 0.717) is 0 Å². The summed E-state index contributed by atoms with van der Waals surface area (Å²) in [4.78, 5) is 51.0. The van der Waals surface area contributed by atoms with Crippen LogP contribution in [0.15, 0.2) is 12.2 Å². The second-order valence-electron chi connectivity index (χ2n) is 6.89. The van der Waals surface area contributed by atoms with Gasteiger partial charge in [0.1, 0.15) is 0 Å². The maximum atomic E-state index is 13.0. The first kappa shape index (κ1) is 26.2. The third kappa shape index (κ3) is 6.09. The summed E-state index contributed by atoms with van der Waals surface area (Å²) in [6, 6.07) is 0. The highest BCUT2D eigenvalue weighted by Gasteiger charge is 2.56. The molecule has 0 saturated heterocycles. The van der Waals surface area contributed by atoms with Crippen molar-refractivity contribution in [2.75, 3.05) is 26.4 Å². The second kappa shape index (κ2) is 12.8. The molecule has 8 heteroatoms. The van der Waals surface area contributed by atoms with E-state index in [4.69, 9.17) is 18.9 Å². The van der Waals surface area contributed by atoms with Crippen LogP contribution in [0.25, 0.3) is 0 Å². The zero-order valence-corrected chi connectivity index (χ0v) is 18.9. The number of rotatable bonds is 11. The molecule has 0 unspecified atom stereocenters. The van der Waals surface area contributed by atoms with Gasteiger partial charge in [-0.15, -0.1) is 11.8 Å². The quantitative estimate of drug-likeness (QED) is 0.160. The van der Waals surface area contributed by atoms with Gasteiger partial charge in [-0.1, -0.05) is 12.2 Å². The molecule has 0 fully saturated rings. The Hall–Kier alpha value is -2.82. The molecule has 0 radical (unpaired) electrons. The Bertz CT molecular complexity index is 706. The molecule has 0 bridgehead atoms. The lowest BCUT2D eigenvalue weighted by atomic mass is 9.71. The van der Waals surface area contributed by atoms with Crippen molar-refractivity contribution < 1.29 is 38.1 Å². The van der Waals surface area contributed by atoms with Gasteiger partial charge >= 0.3 is 23.9 Å². The van der Waals surface area contributed by atoms with Gasteiger partial charge in [-0.3, -0.25) is 19.2 Å². The molecule has 31 heavy (non-hydrogen) atoms. The number of carbonyl (C=O) groups is 4. The molecule has 8 nitrogen and oxygen atoms in total. The monoisotopic (exact) mass is 436 g/mol. The molecule has 0 aromatic heterocycles. The number of carbonyl (C=O) groups excluding carboxylic acids is 4. The molecule has 0 spiro atoms. The zero-order valence-electron chi connectivity index (χ0n) is 18.9. The fourth-order valence-electron chi connectivity index (χ4n) is 3.66. The fourth-order valence-corrected chi connectivity index (χ4v) is 3.66. The van der Waals surface area contributed by atoms with E-state index in [0.717, 1.165) is 0 Å². The van der Waals surface area contributed by atoms with E-state index >= 15 is 0 Å². The first-order valence-electron chi connectivity index (χ1n) is 10.6. The number of allylic oxidation sites excluding steroid dienone is 2. The van der Waals surface area contributed by atoms with Gasteiger partial charge in [-0.05, 0) is 41.0 Å². The molecule has 0 aromatic rings. The average molecular weight is 437 g/mol. The maximum absolute atomic E-state index is 13.0. The molecule has 0 aromatic carbocycles. The van der Waals surface area contributed by atoms with Crippen molar-refractivity contribution in [1.82, 2.24) is 0 Å². The van der Waals surface area contributed by atoms with Gasteiger partial charge in [0.05, 0.1) is 26.4 Å². The highest BCUT2D eigenvalue weighted by molar-refractivity contribution is 6.01. The minimum atomic E-state index is -1.70. The summed E-state index contributed by atoms with van der Waals surface area (Å²) in [6.07, 6.45) is 3.36. The Kier molecular flexibility index (Phi) is 10.8. The van der Waals surface area contributed by atoms with Gasteiger partial charge in [0, 0.05) is 18.3 Å². The predicted molar refractivity (Wildman–Crippen MR) is 111 cm³/mol. The van der Waals surface area contributed by atoms with Gasteiger partial charge in [-0.25, -0.2) is 0 Å². The molecule has 1 rings (SSSR count). The summed E-state index contributed by atoms with van der Waals surface area (Å²) in [5.41, 5.74) is -1.70. The van der Waals surface area contributed by atoms with Crippen LogP contribution in [0.2, 0.25) is 0 Å². The minimum Gasteiger partial charge on any atom is -0.465 e. The minimum absolute atomic E-state index is 0.0771. The molecule has 1 aliphatic carbocycles. The van der Waals surface area contributed by atoms with Crippen LogP contribution in [-0.4, -0.2) is 50.3 Å². The highest BCUT2D eigenvalue weighted by Crippen LogP contribution is 2.45. The third-order valence-electron chi connectivity index (χ3n) is 5.08. The first-order valence-corrected chi connectivity index (χ1v) is 10.6. The number of hydrogen-bond donors (Lipinski definition) is 0. The summed E-state index contributed by atoms with van der Waals surface area (Å²) < 4.78 is 20.6. The Morgan fingerprint density at radius 3 is 1.77 bits per heavy atom. The summed E-state index contributed by atoms with van der Waals surface area (Å²) in [6.45, 7) is 8.54. The predicted octanol–water partition coefficient (Wildman–Crippen LogP) is 2.45. The van der Waals surface area contributed by atoms with Crippen LogP contribution in [0.1, 0.15) is 47.5 Å². The van der Waals surface area contributed by atoms with Crippen LogP contribution in [0.5, 0.6) is 0 Å². The molecular formula is C23H32O8. The molecule has 1 aliphatic rings. The van der Waals surface area contributed by atoms with Crippen molar-refractivity contribution in [2.45, 2.75) is 47.5 Å². The molecule has 0 amide bonds. The molecular weight excluding hydrogens is 404 g/mol. The molecule has 0 saturated carbocycles. The summed E-state index contributed by atoms with van der Waals surface area (Å²) >= 11 is 0. The molecule has 2 atom stereocenters. The highest BCUT2D eigenvalue weighted by atomic mass is 16.6. The van der Waals surface area contributed by atoms with Crippen molar-refractivity contribution in [3.05, 3.63) is 12.2 Å². The van der Waals surface area contributed by atoms with Crippen LogP contribution in [-0.2, 0) is 38.1 Å². The SMILES string of the molecule is CC#CCC(C(=O)OCC)(C(=O)OCC)[C@H]1C=C[C@@H](C(C(=O)OCC)C(=O)OCC)C1. The van der Waals surface area contributed by atoms with Crippen molar-refractivity contribution in [1.29, 1.82) is 0 Å². The number of esters is 4. The Morgan fingerprint density at radius 2 is 1.35 bits per heavy atom. The van der Waals surface area contributed by atoms with E-state index in [1.165, 1.54) is 0 Å². The maximum Gasteiger partial charge on any atom is 0.325 e. The van der Waals surface area contributed by atoms with Gasteiger partial charge in [0.25, 0.3) is 0 Å². The number of hydrogen-bond acceptors (Lipinski definition) is 8. The topological polar surface area (TPSA) is 105 Å². The Balaban J connectivity index is 3.35. The summed E-state index contributed by atoms with van der Waals surface area (Å²) in [5.74, 6) is 0.137. The molecule has 172 valence electrons. The van der Waals surface area contributed by atoms with E-state index in [1.54, 1.807) is 46.8 Å². The third-order valence-corrected chi connectivity index (χ3v) is 5.08. The van der Waals surface area contributed by atoms with Crippen LogP contribution in [0.3, 0.4) is 0 Å². The van der Waals surface area contributed by atoms with Crippen molar-refractivity contribution in [2.24, 2.45) is 23.2 Å². The standard InChI is InChI=1S/C23H32O8/c1-6-11-14-23(21(26)30-9-4,22(27)31-10-5)17-13-12-16(15-17)18(19(24)28-7-2)20(25)29-8-3/h12-13,16-18H,7-10,14-15H2,1-5H3/t16-,17+/m1/s1. The van der Waals surface area contributed by atoms with Crippen molar-refractivity contribution in [3.63, 3.8) is 0 Å². The first-order chi connectivity index (χ1) is 14.8. The van der Waals surface area contributed by atoms with Crippen LogP contribution in [0, 0.1) is 35.0 Å². The fraction of sp³-hybridized carbons (Fsp3) is 0.652. The van der Waals surface area contributed by atoms with Gasteiger partial charge in [-0.2, -0.15) is 0 Å². The van der Waals surface area contributed by atoms with Crippen LogP contribution >= 0.6 is 0 Å². The Morgan fingerprint density at radius 1 is 0.871 bits per heavy atom. The largest absolute Gasteiger partial charge is 0.465 e. The normalized spacial score (nSPS) is 17.5. The molecule has 0 N–H and O–H groups in total. The zero-order chi connectivity index (χ0) is 23.4. The lowest BCUT2D eigenvalue weighted by Gasteiger charge is -2.33. The lowest BCUT2D eigenvalue weighted by molar-refractivity contribution is -0.175. The summed E-state index contributed by atoms with van der Waals surface area (Å²) in [5, 5.41) is 0. The van der Waals surface area contributed by atoms with E-state index in [-0.39, 0.29) is 39.3 Å². The molecule has 0 heterocycles. The van der Waals surface area contributed by atoms with E-state index in [9.17, 15) is 19.2 Å². The van der Waals surface area contributed by atoms with E-state index < -0.39 is 47.0 Å². The van der Waals surface area contributed by atoms with E-state index in [1.807, 2.05) is 0 Å². The lowest BCUT2D eigenvalue weighted by Crippen LogP contribution is -2.47. The van der Waals surface area contributed by atoms with E-state index in [2.05, 4.69) is 11.8 Å². The van der Waals surface area contributed by atoms with Gasteiger partial charge in [0.15, 0.2) is 11.3 Å². The van der Waals surface area contributed by atoms with Crippen molar-refractivity contribution >= 4 is 23.9 Å². The number of ether oxygens (including phenoxy) is 4. The summed E-state index contributed by atoms with van der Waals surface area (Å²) in [7, 11) is 0. The van der Waals surface area contributed by atoms with Gasteiger partial charge < -0.3 is 18.9 Å².